The monoisotopic (exact) mass is 286 g/mol. The van der Waals surface area contributed by atoms with Crippen molar-refractivity contribution in [3.8, 4) is 11.5 Å². The Morgan fingerprint density at radius 1 is 1.14 bits per heavy atom. The van der Waals surface area contributed by atoms with Gasteiger partial charge in [0.2, 0.25) is 0 Å². The van der Waals surface area contributed by atoms with E-state index < -0.39 is 0 Å². The summed E-state index contributed by atoms with van der Waals surface area (Å²) in [5, 5.41) is 0. The van der Waals surface area contributed by atoms with E-state index in [-0.39, 0.29) is 0 Å². The number of pyridine rings is 1. The van der Waals surface area contributed by atoms with Crippen molar-refractivity contribution in [2.24, 2.45) is 5.73 Å². The Hall–Kier alpha value is -2.07. The van der Waals surface area contributed by atoms with Gasteiger partial charge >= 0.3 is 0 Å². The molecule has 0 saturated heterocycles. The molecule has 2 aromatic rings. The topological polar surface area (TPSA) is 57.4 Å². The van der Waals surface area contributed by atoms with Crippen LogP contribution in [0.15, 0.2) is 24.4 Å². The molecule has 4 nitrogen and oxygen atoms in total. The van der Waals surface area contributed by atoms with Crippen molar-refractivity contribution in [2.75, 3.05) is 7.11 Å². The second-order valence-corrected chi connectivity index (χ2v) is 5.14. The van der Waals surface area contributed by atoms with Gasteiger partial charge in [-0.2, -0.15) is 0 Å². The molecule has 112 valence electrons. The first kappa shape index (κ1) is 15.3. The van der Waals surface area contributed by atoms with Gasteiger partial charge in [0.05, 0.1) is 12.8 Å². The van der Waals surface area contributed by atoms with Gasteiger partial charge in [0, 0.05) is 23.9 Å². The standard InChI is InChI=1S/C17H22N2O2/c1-11-5-6-14(8-18)7-16(11)21-10-15-13(3)17(20-4)12(2)9-19-15/h5-7,9H,8,10,18H2,1-4H3. The molecule has 0 atom stereocenters. The number of methoxy groups -OCH3 is 1. The minimum Gasteiger partial charge on any atom is -0.496 e. The Kier molecular flexibility index (Phi) is 4.81. The maximum absolute atomic E-state index is 5.91. The predicted molar refractivity (Wildman–Crippen MR) is 83.7 cm³/mol. The Bertz CT molecular complexity index is 639. The van der Waals surface area contributed by atoms with E-state index in [9.17, 15) is 0 Å². The second-order valence-electron chi connectivity index (χ2n) is 5.14. The molecule has 0 aliphatic heterocycles. The Morgan fingerprint density at radius 2 is 1.90 bits per heavy atom. The summed E-state index contributed by atoms with van der Waals surface area (Å²) in [6.45, 7) is 6.92. The fourth-order valence-electron chi connectivity index (χ4n) is 2.29. The van der Waals surface area contributed by atoms with Crippen molar-refractivity contribution >= 4 is 0 Å². The zero-order valence-electron chi connectivity index (χ0n) is 13.1. The number of rotatable bonds is 5. The van der Waals surface area contributed by atoms with Crippen LogP contribution in [0.3, 0.4) is 0 Å². The Balaban J connectivity index is 2.21. The first-order chi connectivity index (χ1) is 10.1. The van der Waals surface area contributed by atoms with Gasteiger partial charge in [0.1, 0.15) is 18.1 Å². The number of aromatic nitrogens is 1. The van der Waals surface area contributed by atoms with Gasteiger partial charge in [-0.1, -0.05) is 12.1 Å². The molecule has 0 bridgehead atoms. The van der Waals surface area contributed by atoms with Gasteiger partial charge in [-0.3, -0.25) is 4.98 Å². The molecule has 4 heteroatoms. The minimum absolute atomic E-state index is 0.414. The number of nitrogens with zero attached hydrogens (tertiary/aromatic N) is 1. The largest absolute Gasteiger partial charge is 0.496 e. The van der Waals surface area contributed by atoms with E-state index in [2.05, 4.69) is 4.98 Å². The van der Waals surface area contributed by atoms with Crippen LogP contribution < -0.4 is 15.2 Å². The summed E-state index contributed by atoms with van der Waals surface area (Å²) >= 11 is 0. The van der Waals surface area contributed by atoms with Gasteiger partial charge in [-0.05, 0) is 38.0 Å². The van der Waals surface area contributed by atoms with Crippen molar-refractivity contribution in [3.63, 3.8) is 0 Å². The number of hydrogen-bond donors (Lipinski definition) is 1. The molecule has 0 saturated carbocycles. The van der Waals surface area contributed by atoms with Crippen LogP contribution in [0.4, 0.5) is 0 Å². The molecule has 21 heavy (non-hydrogen) atoms. The third-order valence-electron chi connectivity index (χ3n) is 3.60. The second kappa shape index (κ2) is 6.59. The summed E-state index contributed by atoms with van der Waals surface area (Å²) in [5.41, 5.74) is 10.7. The lowest BCUT2D eigenvalue weighted by atomic mass is 10.1. The first-order valence-electron chi connectivity index (χ1n) is 6.98. The average molecular weight is 286 g/mol. The Morgan fingerprint density at radius 3 is 2.57 bits per heavy atom. The summed E-state index contributed by atoms with van der Waals surface area (Å²) in [4.78, 5) is 4.44. The summed E-state index contributed by atoms with van der Waals surface area (Å²) in [7, 11) is 1.68. The van der Waals surface area contributed by atoms with Crippen molar-refractivity contribution in [1.82, 2.24) is 4.98 Å². The number of ether oxygens (including phenoxy) is 2. The number of nitrogens with two attached hydrogens (primary N) is 1. The number of hydrogen-bond acceptors (Lipinski definition) is 4. The highest BCUT2D eigenvalue weighted by atomic mass is 16.5. The van der Waals surface area contributed by atoms with Crippen LogP contribution in [0.2, 0.25) is 0 Å². The van der Waals surface area contributed by atoms with E-state index in [1.54, 1.807) is 7.11 Å². The summed E-state index contributed by atoms with van der Waals surface area (Å²) in [6, 6.07) is 6.02. The molecule has 1 aromatic carbocycles. The zero-order valence-corrected chi connectivity index (χ0v) is 13.1. The highest BCUT2D eigenvalue weighted by Crippen LogP contribution is 2.26. The van der Waals surface area contributed by atoms with Crippen LogP contribution in [0.5, 0.6) is 11.5 Å². The maximum Gasteiger partial charge on any atom is 0.131 e. The average Bonchev–Trinajstić information content (AvgIpc) is 2.48. The number of benzene rings is 1. The third kappa shape index (κ3) is 3.34. The fourth-order valence-corrected chi connectivity index (χ4v) is 2.29. The molecule has 1 heterocycles. The lowest BCUT2D eigenvalue weighted by Crippen LogP contribution is -2.05. The summed E-state index contributed by atoms with van der Waals surface area (Å²) in [5.74, 6) is 1.72. The zero-order chi connectivity index (χ0) is 15.4. The van der Waals surface area contributed by atoms with Gasteiger partial charge < -0.3 is 15.2 Å². The third-order valence-corrected chi connectivity index (χ3v) is 3.60. The molecule has 0 unspecified atom stereocenters. The van der Waals surface area contributed by atoms with Gasteiger partial charge in [-0.15, -0.1) is 0 Å². The molecule has 0 aliphatic carbocycles. The Labute approximate surface area is 125 Å². The molecular weight excluding hydrogens is 264 g/mol. The molecule has 2 N–H and O–H groups in total. The van der Waals surface area contributed by atoms with E-state index in [0.717, 1.165) is 39.4 Å². The van der Waals surface area contributed by atoms with E-state index in [4.69, 9.17) is 15.2 Å². The molecule has 0 spiro atoms. The van der Waals surface area contributed by atoms with Crippen LogP contribution in [-0.4, -0.2) is 12.1 Å². The van der Waals surface area contributed by atoms with Crippen molar-refractivity contribution in [2.45, 2.75) is 33.9 Å². The van der Waals surface area contributed by atoms with Gasteiger partial charge in [-0.25, -0.2) is 0 Å². The molecule has 0 radical (unpaired) electrons. The van der Waals surface area contributed by atoms with Crippen molar-refractivity contribution in [1.29, 1.82) is 0 Å². The van der Waals surface area contributed by atoms with Crippen LogP contribution in [0, 0.1) is 20.8 Å². The van der Waals surface area contributed by atoms with Crippen LogP contribution in [0.1, 0.15) is 27.9 Å². The highest BCUT2D eigenvalue weighted by Gasteiger charge is 2.10. The van der Waals surface area contributed by atoms with E-state index in [1.807, 2.05) is 45.2 Å². The smallest absolute Gasteiger partial charge is 0.131 e. The fraction of sp³-hybridized carbons (Fsp3) is 0.353. The van der Waals surface area contributed by atoms with E-state index in [0.29, 0.717) is 13.2 Å². The van der Waals surface area contributed by atoms with Crippen LogP contribution >= 0.6 is 0 Å². The molecule has 0 fully saturated rings. The molecule has 2 rings (SSSR count). The maximum atomic E-state index is 5.91. The molecule has 1 aromatic heterocycles. The van der Waals surface area contributed by atoms with Crippen LogP contribution in [-0.2, 0) is 13.2 Å². The molecule has 0 aliphatic rings. The summed E-state index contributed by atoms with van der Waals surface area (Å²) in [6.07, 6.45) is 1.81. The normalized spacial score (nSPS) is 10.5. The van der Waals surface area contributed by atoms with E-state index >= 15 is 0 Å². The molecular formula is C17H22N2O2. The van der Waals surface area contributed by atoms with E-state index in [1.165, 1.54) is 0 Å². The minimum atomic E-state index is 0.414. The van der Waals surface area contributed by atoms with Crippen LogP contribution in [0.25, 0.3) is 0 Å². The predicted octanol–water partition coefficient (Wildman–Crippen LogP) is 3.05. The van der Waals surface area contributed by atoms with Gasteiger partial charge in [0.15, 0.2) is 0 Å². The van der Waals surface area contributed by atoms with Crippen molar-refractivity contribution in [3.05, 3.63) is 52.3 Å². The lowest BCUT2D eigenvalue weighted by Gasteiger charge is -2.14. The summed E-state index contributed by atoms with van der Waals surface area (Å²) < 4.78 is 11.3. The molecule has 0 amide bonds. The first-order valence-corrected chi connectivity index (χ1v) is 6.98. The highest BCUT2D eigenvalue weighted by molar-refractivity contribution is 5.41. The van der Waals surface area contributed by atoms with Crippen molar-refractivity contribution < 1.29 is 9.47 Å². The number of aryl methyl sites for hydroxylation is 2. The SMILES string of the molecule is COc1c(C)cnc(COc2cc(CN)ccc2C)c1C. The lowest BCUT2D eigenvalue weighted by molar-refractivity contribution is 0.296. The van der Waals surface area contributed by atoms with Gasteiger partial charge in [0.25, 0.3) is 0 Å². The quantitative estimate of drug-likeness (QED) is 0.917.